The fraction of sp³-hybridized carbons (Fsp3) is 0.286. The first-order valence-corrected chi connectivity index (χ1v) is 12.9. The minimum Gasteiger partial charge on any atom is -0.341 e. The predicted molar refractivity (Wildman–Crippen MR) is 143 cm³/mol. The summed E-state index contributed by atoms with van der Waals surface area (Å²) in [5, 5.41) is 6.93. The molecule has 0 unspecified atom stereocenters. The Morgan fingerprint density at radius 1 is 0.703 bits per heavy atom. The monoisotopic (exact) mass is 492 g/mol. The molecule has 2 aromatic carbocycles. The molecular formula is C28H28N8O. The average Bonchev–Trinajstić information content (AvgIpc) is 3.75. The SMILES string of the molecule is O=c1[nH]c2cc(-c3cnc([C@@H]4CCCN4)[nH]3)ccc2nc1-c1ccc(-c2cnc([C@@H]3CCCN3)[nH]2)cc1. The predicted octanol–water partition coefficient (Wildman–Crippen LogP) is 4.22. The summed E-state index contributed by atoms with van der Waals surface area (Å²) in [7, 11) is 0. The van der Waals surface area contributed by atoms with E-state index in [1.165, 1.54) is 6.42 Å². The number of rotatable bonds is 5. The van der Waals surface area contributed by atoms with Crippen molar-refractivity contribution in [3.8, 4) is 33.8 Å². The minimum absolute atomic E-state index is 0.214. The van der Waals surface area contributed by atoms with Crippen LogP contribution in [0.25, 0.3) is 44.8 Å². The Bertz CT molecular complexity index is 1620. The summed E-state index contributed by atoms with van der Waals surface area (Å²) < 4.78 is 0. The van der Waals surface area contributed by atoms with E-state index in [0.29, 0.717) is 17.3 Å². The molecule has 0 bridgehead atoms. The fourth-order valence-corrected chi connectivity index (χ4v) is 5.41. The van der Waals surface area contributed by atoms with Gasteiger partial charge in [-0.3, -0.25) is 4.79 Å². The van der Waals surface area contributed by atoms with Crippen molar-refractivity contribution in [2.45, 2.75) is 37.8 Å². The lowest BCUT2D eigenvalue weighted by Crippen LogP contribution is -2.14. The molecule has 2 aliphatic heterocycles. The molecule has 2 aliphatic rings. The summed E-state index contributed by atoms with van der Waals surface area (Å²) in [5.74, 6) is 1.93. The topological polar surface area (TPSA) is 127 Å². The fourth-order valence-electron chi connectivity index (χ4n) is 5.41. The van der Waals surface area contributed by atoms with Crippen LogP contribution in [0.2, 0.25) is 0 Å². The highest BCUT2D eigenvalue weighted by atomic mass is 16.1. The number of hydrogen-bond acceptors (Lipinski definition) is 6. The van der Waals surface area contributed by atoms with E-state index in [0.717, 1.165) is 77.6 Å². The lowest BCUT2D eigenvalue weighted by Gasteiger charge is -2.07. The van der Waals surface area contributed by atoms with Crippen LogP contribution in [0.3, 0.4) is 0 Å². The van der Waals surface area contributed by atoms with Gasteiger partial charge in [0.15, 0.2) is 0 Å². The number of nitrogens with zero attached hydrogens (tertiary/aromatic N) is 3. The first kappa shape index (κ1) is 22.1. The van der Waals surface area contributed by atoms with Crippen LogP contribution in [0.1, 0.15) is 49.4 Å². The molecule has 0 saturated carbocycles. The van der Waals surface area contributed by atoms with Crippen LogP contribution in [0, 0.1) is 0 Å². The van der Waals surface area contributed by atoms with Gasteiger partial charge in [-0.15, -0.1) is 0 Å². The number of aromatic nitrogens is 6. The molecule has 0 amide bonds. The molecule has 2 saturated heterocycles. The van der Waals surface area contributed by atoms with Crippen molar-refractivity contribution in [3.63, 3.8) is 0 Å². The maximum absolute atomic E-state index is 13.0. The third-order valence-corrected chi connectivity index (χ3v) is 7.44. The van der Waals surface area contributed by atoms with E-state index in [9.17, 15) is 4.79 Å². The normalized spacial score (nSPS) is 19.7. The second-order valence-electron chi connectivity index (χ2n) is 9.89. The van der Waals surface area contributed by atoms with Gasteiger partial charge in [-0.25, -0.2) is 15.0 Å². The van der Waals surface area contributed by atoms with E-state index in [4.69, 9.17) is 4.98 Å². The van der Waals surface area contributed by atoms with Gasteiger partial charge >= 0.3 is 0 Å². The van der Waals surface area contributed by atoms with Crippen LogP contribution in [0.5, 0.6) is 0 Å². The molecule has 7 rings (SSSR count). The van der Waals surface area contributed by atoms with Crippen molar-refractivity contribution < 1.29 is 0 Å². The molecule has 9 heteroatoms. The molecule has 5 N–H and O–H groups in total. The molecule has 9 nitrogen and oxygen atoms in total. The van der Waals surface area contributed by atoms with Gasteiger partial charge < -0.3 is 25.6 Å². The van der Waals surface area contributed by atoms with Crippen LogP contribution in [0.15, 0.2) is 59.7 Å². The molecule has 0 radical (unpaired) electrons. The van der Waals surface area contributed by atoms with Gasteiger partial charge in [-0.05, 0) is 56.5 Å². The van der Waals surface area contributed by atoms with Gasteiger partial charge in [-0.2, -0.15) is 0 Å². The molecule has 37 heavy (non-hydrogen) atoms. The maximum Gasteiger partial charge on any atom is 0.274 e. The summed E-state index contributed by atoms with van der Waals surface area (Å²) in [6.45, 7) is 2.06. The van der Waals surface area contributed by atoms with Crippen molar-refractivity contribution in [1.29, 1.82) is 0 Å². The Morgan fingerprint density at radius 2 is 1.30 bits per heavy atom. The first-order chi connectivity index (χ1) is 18.2. The Kier molecular flexibility index (Phi) is 5.44. The number of nitrogens with one attached hydrogen (secondary N) is 5. The highest BCUT2D eigenvalue weighted by molar-refractivity contribution is 5.82. The Labute approximate surface area is 213 Å². The van der Waals surface area contributed by atoms with Crippen LogP contribution in [-0.4, -0.2) is 43.0 Å². The van der Waals surface area contributed by atoms with Gasteiger partial charge in [0.05, 0.1) is 46.9 Å². The number of H-pyrrole nitrogens is 3. The largest absolute Gasteiger partial charge is 0.341 e. The van der Waals surface area contributed by atoms with Gasteiger partial charge in [0.1, 0.15) is 17.3 Å². The summed E-state index contributed by atoms with van der Waals surface area (Å²) >= 11 is 0. The zero-order chi connectivity index (χ0) is 24.8. The van der Waals surface area contributed by atoms with Crippen molar-refractivity contribution >= 4 is 11.0 Å². The molecule has 186 valence electrons. The Balaban J connectivity index is 1.15. The third kappa shape index (κ3) is 4.16. The van der Waals surface area contributed by atoms with Crippen LogP contribution >= 0.6 is 0 Å². The van der Waals surface area contributed by atoms with E-state index < -0.39 is 0 Å². The van der Waals surface area contributed by atoms with Crippen molar-refractivity contribution in [3.05, 3.63) is 76.9 Å². The van der Waals surface area contributed by atoms with E-state index in [-0.39, 0.29) is 11.6 Å². The zero-order valence-corrected chi connectivity index (χ0v) is 20.3. The van der Waals surface area contributed by atoms with Crippen molar-refractivity contribution in [2.24, 2.45) is 0 Å². The summed E-state index contributed by atoms with van der Waals surface area (Å²) in [6, 6.07) is 14.3. The smallest absolute Gasteiger partial charge is 0.274 e. The molecule has 0 aliphatic carbocycles. The lowest BCUT2D eigenvalue weighted by atomic mass is 10.1. The Morgan fingerprint density at radius 3 is 1.92 bits per heavy atom. The van der Waals surface area contributed by atoms with Crippen molar-refractivity contribution in [1.82, 2.24) is 40.5 Å². The molecule has 2 atom stereocenters. The van der Waals surface area contributed by atoms with Crippen molar-refractivity contribution in [2.75, 3.05) is 13.1 Å². The van der Waals surface area contributed by atoms with E-state index in [2.05, 4.69) is 35.6 Å². The van der Waals surface area contributed by atoms with Crippen LogP contribution < -0.4 is 16.2 Å². The lowest BCUT2D eigenvalue weighted by molar-refractivity contribution is 0.613. The first-order valence-electron chi connectivity index (χ1n) is 12.9. The summed E-state index contributed by atoms with van der Waals surface area (Å²) in [4.78, 5) is 36.7. The molecule has 5 heterocycles. The number of hydrogen-bond donors (Lipinski definition) is 5. The van der Waals surface area contributed by atoms with E-state index in [1.807, 2.05) is 54.9 Å². The quantitative estimate of drug-likeness (QED) is 0.250. The Hall–Kier alpha value is -4.08. The molecule has 3 aromatic heterocycles. The van der Waals surface area contributed by atoms with Gasteiger partial charge in [0.2, 0.25) is 0 Å². The number of imidazole rings is 2. The van der Waals surface area contributed by atoms with Crippen LogP contribution in [-0.2, 0) is 0 Å². The zero-order valence-electron chi connectivity index (χ0n) is 20.3. The highest BCUT2D eigenvalue weighted by Gasteiger charge is 2.20. The molecule has 0 spiro atoms. The van der Waals surface area contributed by atoms with Crippen LogP contribution in [0.4, 0.5) is 0 Å². The number of benzene rings is 2. The number of fused-ring (bicyclic) bond motifs is 1. The van der Waals surface area contributed by atoms with E-state index >= 15 is 0 Å². The molecular weight excluding hydrogens is 464 g/mol. The van der Waals surface area contributed by atoms with Gasteiger partial charge in [0, 0.05) is 11.1 Å². The second-order valence-corrected chi connectivity index (χ2v) is 9.89. The second kappa shape index (κ2) is 9.10. The van der Waals surface area contributed by atoms with Gasteiger partial charge in [-0.1, -0.05) is 30.3 Å². The molecule has 5 aromatic rings. The maximum atomic E-state index is 13.0. The summed E-state index contributed by atoms with van der Waals surface area (Å²) in [6.07, 6.45) is 8.25. The third-order valence-electron chi connectivity index (χ3n) is 7.44. The number of aromatic amines is 3. The average molecular weight is 493 g/mol. The summed E-state index contributed by atoms with van der Waals surface area (Å²) in [5.41, 5.74) is 6.28. The standard InChI is InChI=1S/C28H28N8O/c37-28-25(17-7-5-16(6-8-17)23-14-31-26(34-23)20-3-1-11-29-20)33-19-10-9-18(13-22(19)36-28)24-15-32-27(35-24)21-4-2-12-30-21/h5-10,13-15,20-21,29-30H,1-4,11-12H2,(H,31,34)(H,32,35)(H,36,37)/t20-,21-/m0/s1. The van der Waals surface area contributed by atoms with Gasteiger partial charge in [0.25, 0.3) is 5.56 Å². The molecule has 2 fully saturated rings. The minimum atomic E-state index is -0.214. The van der Waals surface area contributed by atoms with E-state index in [1.54, 1.807) is 0 Å². The highest BCUT2D eigenvalue weighted by Crippen LogP contribution is 2.28.